The Morgan fingerprint density at radius 2 is 2.00 bits per heavy atom. The molecule has 1 saturated heterocycles. The maximum Gasteiger partial charge on any atom is 0.326 e. The molecule has 4 atom stereocenters. The lowest BCUT2D eigenvalue weighted by molar-refractivity contribution is -0.150. The predicted octanol–water partition coefficient (Wildman–Crippen LogP) is 0.578. The van der Waals surface area contributed by atoms with Gasteiger partial charge in [-0.2, -0.15) is 0 Å². The second-order valence-corrected chi connectivity index (χ2v) is 5.24. The summed E-state index contributed by atoms with van der Waals surface area (Å²) in [5.74, 6) is -0.757. The van der Waals surface area contributed by atoms with Crippen LogP contribution >= 0.6 is 0 Å². The molecule has 0 spiro atoms. The molecule has 5 heteroatoms. The summed E-state index contributed by atoms with van der Waals surface area (Å²) in [7, 11) is 0. The molecule has 0 bridgehead atoms. The highest BCUT2D eigenvalue weighted by Crippen LogP contribution is 2.39. The molecule has 0 radical (unpaired) electrons. The van der Waals surface area contributed by atoms with Gasteiger partial charge >= 0.3 is 5.97 Å². The molecule has 1 saturated carbocycles. The molecular weight excluding hydrogens is 220 g/mol. The number of carbonyl (C=O) groups is 2. The normalized spacial score (nSPS) is 34.2. The van der Waals surface area contributed by atoms with E-state index in [1.807, 2.05) is 0 Å². The van der Waals surface area contributed by atoms with Gasteiger partial charge in [-0.15, -0.1) is 0 Å². The monoisotopic (exact) mass is 240 g/mol. The molecular formula is C12H20N2O3. The van der Waals surface area contributed by atoms with E-state index in [1.165, 1.54) is 0 Å². The Morgan fingerprint density at radius 3 is 2.59 bits per heavy atom. The van der Waals surface area contributed by atoms with Crippen molar-refractivity contribution in [2.24, 2.45) is 11.7 Å². The molecule has 0 aromatic carbocycles. The molecule has 2 aliphatic rings. The van der Waals surface area contributed by atoms with Crippen molar-refractivity contribution in [3.05, 3.63) is 0 Å². The van der Waals surface area contributed by atoms with Crippen LogP contribution in [0.3, 0.4) is 0 Å². The van der Waals surface area contributed by atoms with Crippen molar-refractivity contribution in [2.75, 3.05) is 0 Å². The fourth-order valence-corrected chi connectivity index (χ4v) is 3.23. The van der Waals surface area contributed by atoms with Crippen LogP contribution in [-0.4, -0.2) is 40.0 Å². The second-order valence-electron chi connectivity index (χ2n) is 5.24. The largest absolute Gasteiger partial charge is 0.480 e. The Morgan fingerprint density at radius 1 is 1.35 bits per heavy atom. The van der Waals surface area contributed by atoms with Crippen LogP contribution in [0.1, 0.15) is 39.0 Å². The molecule has 3 N–H and O–H groups in total. The molecule has 1 aliphatic carbocycles. The maximum absolute atomic E-state index is 12.1. The molecule has 0 aromatic heterocycles. The molecule has 0 aromatic rings. The van der Waals surface area contributed by atoms with Gasteiger partial charge < -0.3 is 15.7 Å². The summed E-state index contributed by atoms with van der Waals surface area (Å²) in [6.45, 7) is 1.62. The van der Waals surface area contributed by atoms with Crippen LogP contribution in [-0.2, 0) is 9.59 Å². The summed E-state index contributed by atoms with van der Waals surface area (Å²) in [5.41, 5.74) is 5.62. The number of carboxylic acids is 1. The molecule has 5 nitrogen and oxygen atoms in total. The molecule has 2 fully saturated rings. The number of hydrogen-bond donors (Lipinski definition) is 2. The van der Waals surface area contributed by atoms with Crippen molar-refractivity contribution in [3.8, 4) is 0 Å². The van der Waals surface area contributed by atoms with Gasteiger partial charge in [-0.05, 0) is 32.1 Å². The lowest BCUT2D eigenvalue weighted by Crippen LogP contribution is -2.51. The van der Waals surface area contributed by atoms with Gasteiger partial charge in [-0.3, -0.25) is 4.79 Å². The van der Waals surface area contributed by atoms with Crippen molar-refractivity contribution in [2.45, 2.75) is 57.2 Å². The van der Waals surface area contributed by atoms with Crippen molar-refractivity contribution in [1.29, 1.82) is 0 Å². The Balaban J connectivity index is 2.23. The van der Waals surface area contributed by atoms with Crippen LogP contribution < -0.4 is 5.73 Å². The highest BCUT2D eigenvalue weighted by Gasteiger charge is 2.47. The third-order valence-corrected chi connectivity index (χ3v) is 4.02. The first-order chi connectivity index (χ1) is 8.02. The van der Waals surface area contributed by atoms with Crippen LogP contribution in [0.2, 0.25) is 0 Å². The first kappa shape index (κ1) is 12.4. The minimum Gasteiger partial charge on any atom is -0.480 e. The van der Waals surface area contributed by atoms with E-state index in [4.69, 9.17) is 5.73 Å². The lowest BCUT2D eigenvalue weighted by Gasteiger charge is -2.33. The third kappa shape index (κ3) is 2.16. The Hall–Kier alpha value is -1.10. The standard InChI is InChI=1S/C12H20N2O3/c1-7(13)11(15)14-9-5-3-2-4-8(9)6-10(14)12(16)17/h7-10H,2-6,13H2,1H3,(H,16,17)/t7-,8+,9+,10+/m0/s1. The summed E-state index contributed by atoms with van der Waals surface area (Å²) in [5, 5.41) is 9.23. The number of likely N-dealkylation sites (tertiary alicyclic amines) is 1. The maximum atomic E-state index is 12.1. The summed E-state index contributed by atoms with van der Waals surface area (Å²) >= 11 is 0. The van der Waals surface area contributed by atoms with Crippen LogP contribution in [0.25, 0.3) is 0 Å². The number of nitrogens with zero attached hydrogens (tertiary/aromatic N) is 1. The van der Waals surface area contributed by atoms with Crippen LogP contribution in [0.4, 0.5) is 0 Å². The Kier molecular flexibility index (Phi) is 3.38. The zero-order valence-electron chi connectivity index (χ0n) is 10.1. The molecule has 1 aliphatic heterocycles. The smallest absolute Gasteiger partial charge is 0.326 e. The topological polar surface area (TPSA) is 83.6 Å². The van der Waals surface area contributed by atoms with E-state index in [1.54, 1.807) is 11.8 Å². The van der Waals surface area contributed by atoms with Crippen molar-refractivity contribution < 1.29 is 14.7 Å². The molecule has 1 heterocycles. The Labute approximate surface area is 101 Å². The van der Waals surface area contributed by atoms with Gasteiger partial charge in [-0.25, -0.2) is 4.79 Å². The van der Waals surface area contributed by atoms with E-state index in [9.17, 15) is 14.7 Å². The molecule has 17 heavy (non-hydrogen) atoms. The highest BCUT2D eigenvalue weighted by molar-refractivity contribution is 5.87. The summed E-state index contributed by atoms with van der Waals surface area (Å²) in [6.07, 6.45) is 4.78. The fourth-order valence-electron chi connectivity index (χ4n) is 3.23. The highest BCUT2D eigenvalue weighted by atomic mass is 16.4. The average molecular weight is 240 g/mol. The van der Waals surface area contributed by atoms with Crippen LogP contribution in [0, 0.1) is 5.92 Å². The van der Waals surface area contributed by atoms with Gasteiger partial charge in [0.25, 0.3) is 0 Å². The number of fused-ring (bicyclic) bond motifs is 1. The van der Waals surface area contributed by atoms with Crippen molar-refractivity contribution in [3.63, 3.8) is 0 Å². The number of nitrogens with two attached hydrogens (primary N) is 1. The number of carboxylic acid groups (broad SMARTS) is 1. The van der Waals surface area contributed by atoms with Gasteiger partial charge in [0.05, 0.1) is 6.04 Å². The molecule has 1 amide bonds. The van der Waals surface area contributed by atoms with E-state index in [0.29, 0.717) is 12.3 Å². The predicted molar refractivity (Wildman–Crippen MR) is 62.3 cm³/mol. The molecule has 96 valence electrons. The minimum absolute atomic E-state index is 0.100. The third-order valence-electron chi connectivity index (χ3n) is 4.02. The van der Waals surface area contributed by atoms with E-state index in [-0.39, 0.29) is 11.9 Å². The first-order valence-corrected chi connectivity index (χ1v) is 6.33. The average Bonchev–Trinajstić information content (AvgIpc) is 2.67. The van der Waals surface area contributed by atoms with Gasteiger partial charge in [0.2, 0.25) is 5.91 Å². The molecule has 0 unspecified atom stereocenters. The quantitative estimate of drug-likeness (QED) is 0.739. The zero-order valence-corrected chi connectivity index (χ0v) is 10.1. The van der Waals surface area contributed by atoms with Gasteiger partial charge in [-0.1, -0.05) is 12.8 Å². The van der Waals surface area contributed by atoms with Crippen LogP contribution in [0.5, 0.6) is 0 Å². The number of rotatable bonds is 2. The zero-order chi connectivity index (χ0) is 12.6. The van der Waals surface area contributed by atoms with E-state index < -0.39 is 18.1 Å². The number of carbonyl (C=O) groups excluding carboxylic acids is 1. The molecule has 2 rings (SSSR count). The Bertz CT molecular complexity index is 330. The van der Waals surface area contributed by atoms with Crippen molar-refractivity contribution >= 4 is 11.9 Å². The number of aliphatic carboxylic acids is 1. The SMILES string of the molecule is C[C@H](N)C(=O)N1[C@@H](C(=O)O)C[C@H]2CCCC[C@H]21. The summed E-state index contributed by atoms with van der Waals surface area (Å²) in [4.78, 5) is 24.9. The lowest BCUT2D eigenvalue weighted by atomic mass is 9.84. The first-order valence-electron chi connectivity index (χ1n) is 6.33. The fraction of sp³-hybridized carbons (Fsp3) is 0.833. The van der Waals surface area contributed by atoms with Gasteiger partial charge in [0.15, 0.2) is 0 Å². The minimum atomic E-state index is -0.895. The summed E-state index contributed by atoms with van der Waals surface area (Å²) in [6, 6.07) is -1.18. The van der Waals surface area contributed by atoms with E-state index in [0.717, 1.165) is 25.7 Å². The van der Waals surface area contributed by atoms with E-state index >= 15 is 0 Å². The van der Waals surface area contributed by atoms with Crippen LogP contribution in [0.15, 0.2) is 0 Å². The van der Waals surface area contributed by atoms with E-state index in [2.05, 4.69) is 0 Å². The number of amides is 1. The summed E-state index contributed by atoms with van der Waals surface area (Å²) < 4.78 is 0. The van der Waals surface area contributed by atoms with Crippen molar-refractivity contribution in [1.82, 2.24) is 4.90 Å². The second kappa shape index (κ2) is 4.64. The van der Waals surface area contributed by atoms with Gasteiger partial charge in [0.1, 0.15) is 6.04 Å². The number of hydrogen-bond acceptors (Lipinski definition) is 3. The van der Waals surface area contributed by atoms with Gasteiger partial charge in [0, 0.05) is 6.04 Å².